The van der Waals surface area contributed by atoms with Crippen molar-refractivity contribution in [1.82, 2.24) is 10.6 Å². The smallest absolute Gasteiger partial charge is 0.221 e. The average molecular weight is 214 g/mol. The molecule has 0 aromatic heterocycles. The first-order valence-electron chi connectivity index (χ1n) is 5.64. The lowest BCUT2D eigenvalue weighted by atomic mass is 10.0. The van der Waals surface area contributed by atoms with Crippen LogP contribution in [0.5, 0.6) is 0 Å². The molecule has 0 aliphatic carbocycles. The molecule has 88 valence electrons. The zero-order valence-electron chi connectivity index (χ0n) is 9.93. The van der Waals surface area contributed by atoms with E-state index in [1.165, 1.54) is 0 Å². The molecule has 4 heteroatoms. The van der Waals surface area contributed by atoms with Gasteiger partial charge in [0.05, 0.1) is 5.60 Å². The molecule has 0 saturated carbocycles. The quantitative estimate of drug-likeness (QED) is 0.707. The van der Waals surface area contributed by atoms with Gasteiger partial charge in [-0.15, -0.1) is 0 Å². The van der Waals surface area contributed by atoms with Gasteiger partial charge in [0.2, 0.25) is 5.91 Å². The zero-order chi connectivity index (χ0) is 11.3. The minimum Gasteiger partial charge on any atom is -0.374 e. The molecule has 1 aliphatic rings. The predicted octanol–water partition coefficient (Wildman–Crippen LogP) is 0.670. The van der Waals surface area contributed by atoms with Gasteiger partial charge in [-0.2, -0.15) is 0 Å². The van der Waals surface area contributed by atoms with Gasteiger partial charge in [-0.1, -0.05) is 0 Å². The molecule has 2 N–H and O–H groups in total. The lowest BCUT2D eigenvalue weighted by Crippen LogP contribution is -2.42. The average Bonchev–Trinajstić information content (AvgIpc) is 2.63. The summed E-state index contributed by atoms with van der Waals surface area (Å²) in [6, 6.07) is 0.200. The standard InChI is InChI=1S/C11H22N2O2/c1-9(7-10(14)12-3)13-8-11(2)5-4-6-15-11/h9,13H,4-8H2,1-3H3,(H,12,14). The van der Waals surface area contributed by atoms with Crippen molar-refractivity contribution in [3.63, 3.8) is 0 Å². The fourth-order valence-corrected chi connectivity index (χ4v) is 1.82. The van der Waals surface area contributed by atoms with E-state index in [1.807, 2.05) is 6.92 Å². The Bertz CT molecular complexity index is 213. The molecule has 0 spiro atoms. The lowest BCUT2D eigenvalue weighted by molar-refractivity contribution is -0.121. The van der Waals surface area contributed by atoms with Crippen molar-refractivity contribution in [3.8, 4) is 0 Å². The van der Waals surface area contributed by atoms with Crippen LogP contribution < -0.4 is 10.6 Å². The van der Waals surface area contributed by atoms with Crippen LogP contribution in [0, 0.1) is 0 Å². The van der Waals surface area contributed by atoms with Crippen molar-refractivity contribution in [3.05, 3.63) is 0 Å². The van der Waals surface area contributed by atoms with E-state index >= 15 is 0 Å². The van der Waals surface area contributed by atoms with Gasteiger partial charge in [-0.25, -0.2) is 0 Å². The van der Waals surface area contributed by atoms with Crippen LogP contribution in [-0.2, 0) is 9.53 Å². The Hall–Kier alpha value is -0.610. The second-order valence-electron chi connectivity index (χ2n) is 4.56. The summed E-state index contributed by atoms with van der Waals surface area (Å²) in [5.41, 5.74) is -0.0308. The van der Waals surface area contributed by atoms with Crippen molar-refractivity contribution in [2.24, 2.45) is 0 Å². The summed E-state index contributed by atoms with van der Waals surface area (Å²) in [5, 5.41) is 5.97. The molecule has 1 heterocycles. The summed E-state index contributed by atoms with van der Waals surface area (Å²) in [4.78, 5) is 11.1. The van der Waals surface area contributed by atoms with E-state index in [9.17, 15) is 4.79 Å². The van der Waals surface area contributed by atoms with Gasteiger partial charge in [0.1, 0.15) is 0 Å². The number of rotatable bonds is 5. The molecule has 0 bridgehead atoms. The molecule has 4 nitrogen and oxygen atoms in total. The maximum atomic E-state index is 11.1. The maximum absolute atomic E-state index is 11.1. The van der Waals surface area contributed by atoms with E-state index in [0.717, 1.165) is 26.0 Å². The number of hydrogen-bond acceptors (Lipinski definition) is 3. The monoisotopic (exact) mass is 214 g/mol. The summed E-state index contributed by atoms with van der Waals surface area (Å²) in [6.45, 7) is 5.83. The third kappa shape index (κ3) is 4.18. The zero-order valence-corrected chi connectivity index (χ0v) is 9.93. The Morgan fingerprint density at radius 3 is 2.87 bits per heavy atom. The van der Waals surface area contributed by atoms with Gasteiger partial charge in [-0.05, 0) is 26.7 Å². The third-order valence-electron chi connectivity index (χ3n) is 2.90. The first-order chi connectivity index (χ1) is 7.06. The van der Waals surface area contributed by atoms with Crippen molar-refractivity contribution >= 4 is 5.91 Å². The number of carbonyl (C=O) groups excluding carboxylic acids is 1. The van der Waals surface area contributed by atoms with E-state index in [-0.39, 0.29) is 17.6 Å². The lowest BCUT2D eigenvalue weighted by Gasteiger charge is -2.25. The molecule has 2 unspecified atom stereocenters. The minimum absolute atomic E-state index is 0.0308. The number of ether oxygens (including phenoxy) is 1. The highest BCUT2D eigenvalue weighted by molar-refractivity contribution is 5.76. The van der Waals surface area contributed by atoms with Crippen molar-refractivity contribution < 1.29 is 9.53 Å². The van der Waals surface area contributed by atoms with Gasteiger partial charge >= 0.3 is 0 Å². The topological polar surface area (TPSA) is 50.4 Å². The normalized spacial score (nSPS) is 27.7. The molecule has 2 atom stereocenters. The van der Waals surface area contributed by atoms with Gasteiger partial charge in [-0.3, -0.25) is 4.79 Å². The maximum Gasteiger partial charge on any atom is 0.221 e. The van der Waals surface area contributed by atoms with Gasteiger partial charge < -0.3 is 15.4 Å². The van der Waals surface area contributed by atoms with E-state index in [1.54, 1.807) is 7.05 Å². The summed E-state index contributed by atoms with van der Waals surface area (Å²) < 4.78 is 5.66. The van der Waals surface area contributed by atoms with Crippen LogP contribution in [0.3, 0.4) is 0 Å². The second kappa shape index (κ2) is 5.47. The summed E-state index contributed by atoms with van der Waals surface area (Å²) in [7, 11) is 1.66. The summed E-state index contributed by atoms with van der Waals surface area (Å²) in [5.74, 6) is 0.0764. The van der Waals surface area contributed by atoms with Crippen LogP contribution in [0.2, 0.25) is 0 Å². The molecule has 1 aliphatic heterocycles. The first kappa shape index (κ1) is 12.5. The summed E-state index contributed by atoms with van der Waals surface area (Å²) >= 11 is 0. The second-order valence-corrected chi connectivity index (χ2v) is 4.56. The first-order valence-corrected chi connectivity index (χ1v) is 5.64. The van der Waals surface area contributed by atoms with Crippen molar-refractivity contribution in [1.29, 1.82) is 0 Å². The SMILES string of the molecule is CNC(=O)CC(C)NCC1(C)CCCO1. The Kier molecular flexibility index (Phi) is 4.54. The van der Waals surface area contributed by atoms with Gasteiger partial charge in [0, 0.05) is 32.7 Å². The van der Waals surface area contributed by atoms with E-state index < -0.39 is 0 Å². The third-order valence-corrected chi connectivity index (χ3v) is 2.90. The van der Waals surface area contributed by atoms with E-state index in [0.29, 0.717) is 6.42 Å². The number of amides is 1. The van der Waals surface area contributed by atoms with E-state index in [2.05, 4.69) is 17.6 Å². The number of carbonyl (C=O) groups is 1. The largest absolute Gasteiger partial charge is 0.374 e. The van der Waals surface area contributed by atoms with Crippen molar-refractivity contribution in [2.75, 3.05) is 20.2 Å². The fraction of sp³-hybridized carbons (Fsp3) is 0.909. The van der Waals surface area contributed by atoms with Gasteiger partial charge in [0.25, 0.3) is 0 Å². The van der Waals surface area contributed by atoms with E-state index in [4.69, 9.17) is 4.74 Å². The Labute approximate surface area is 91.8 Å². The predicted molar refractivity (Wildman–Crippen MR) is 59.7 cm³/mol. The molecule has 1 amide bonds. The van der Waals surface area contributed by atoms with Crippen LogP contribution in [0.1, 0.15) is 33.1 Å². The van der Waals surface area contributed by atoms with Crippen LogP contribution >= 0.6 is 0 Å². The fourth-order valence-electron chi connectivity index (χ4n) is 1.82. The van der Waals surface area contributed by atoms with Gasteiger partial charge in [0.15, 0.2) is 0 Å². The van der Waals surface area contributed by atoms with Crippen LogP contribution in [0.4, 0.5) is 0 Å². The molecule has 1 rings (SSSR count). The molecule has 1 fully saturated rings. The number of hydrogen-bond donors (Lipinski definition) is 2. The number of nitrogens with one attached hydrogen (secondary N) is 2. The highest BCUT2D eigenvalue weighted by Crippen LogP contribution is 2.24. The molecule has 1 saturated heterocycles. The molecular formula is C11H22N2O2. The molecule has 15 heavy (non-hydrogen) atoms. The Morgan fingerprint density at radius 2 is 2.33 bits per heavy atom. The molecule has 0 aromatic carbocycles. The minimum atomic E-state index is -0.0308. The van der Waals surface area contributed by atoms with Crippen molar-refractivity contribution in [2.45, 2.75) is 44.8 Å². The molecule has 0 aromatic rings. The highest BCUT2D eigenvalue weighted by Gasteiger charge is 2.29. The molecular weight excluding hydrogens is 192 g/mol. The Morgan fingerprint density at radius 1 is 1.60 bits per heavy atom. The molecule has 0 radical (unpaired) electrons. The van der Waals surface area contributed by atoms with Crippen LogP contribution in [-0.4, -0.2) is 37.7 Å². The summed E-state index contributed by atoms with van der Waals surface area (Å²) in [6.07, 6.45) is 2.77. The van der Waals surface area contributed by atoms with Crippen LogP contribution in [0.25, 0.3) is 0 Å². The Balaban J connectivity index is 2.21. The highest BCUT2D eigenvalue weighted by atomic mass is 16.5. The van der Waals surface area contributed by atoms with Crippen LogP contribution in [0.15, 0.2) is 0 Å².